The minimum absolute atomic E-state index is 0.0600. The number of hydrogen-bond acceptors (Lipinski definition) is 14. The highest BCUT2D eigenvalue weighted by Gasteiger charge is 2.29. The van der Waals surface area contributed by atoms with Crippen LogP contribution in [-0.2, 0) is 55.8 Å². The molecule has 5 unspecified atom stereocenters. The van der Waals surface area contributed by atoms with Gasteiger partial charge in [-0.25, -0.2) is 9.13 Å². The number of ether oxygens (including phenoxy) is 3. The molecule has 4 N–H and O–H groups in total. The Labute approximate surface area is 687 Å². The van der Waals surface area contributed by atoms with Crippen LogP contribution in [0.15, 0.2) is 182 Å². The number of phosphoric ester groups is 2. The molecule has 0 heterocycles. The Morgan fingerprint density at radius 2 is 0.469 bits per heavy atom. The molecule has 0 aromatic heterocycles. The van der Waals surface area contributed by atoms with Gasteiger partial charge in [0.1, 0.15) is 25.4 Å². The van der Waals surface area contributed by atoms with Gasteiger partial charge in [0.05, 0.1) is 26.4 Å². The maximum atomic E-state index is 13.0. The van der Waals surface area contributed by atoms with Gasteiger partial charge in [-0.1, -0.05) is 344 Å². The first-order valence-electron chi connectivity index (χ1n) is 44.1. The van der Waals surface area contributed by atoms with Crippen molar-refractivity contribution in [1.82, 2.24) is 0 Å². The minimum Gasteiger partial charge on any atom is -0.463 e. The molecule has 644 valence electrons. The molecule has 0 bridgehead atoms. The van der Waals surface area contributed by atoms with Gasteiger partial charge in [0.25, 0.3) is 0 Å². The Bertz CT molecular complexity index is 2780. The minimum atomic E-state index is -4.95. The van der Waals surface area contributed by atoms with E-state index in [9.17, 15) is 43.5 Å². The van der Waals surface area contributed by atoms with E-state index in [2.05, 4.69) is 203 Å². The highest BCUT2D eigenvalue weighted by molar-refractivity contribution is 7.47. The average molecular weight is 1620 g/mol. The van der Waals surface area contributed by atoms with Crippen molar-refractivity contribution in [3.05, 3.63) is 182 Å². The second kappa shape index (κ2) is 86.0. The number of hydrogen-bond donors (Lipinski definition) is 4. The van der Waals surface area contributed by atoms with Gasteiger partial charge >= 0.3 is 33.6 Å². The van der Waals surface area contributed by atoms with E-state index < -0.39 is 91.5 Å². The molecule has 18 heteroatoms. The molecule has 0 aromatic carbocycles. The van der Waals surface area contributed by atoms with Gasteiger partial charge in [-0.3, -0.25) is 32.5 Å². The fourth-order valence-corrected chi connectivity index (χ4v) is 13.1. The smallest absolute Gasteiger partial charge is 0.463 e. The summed E-state index contributed by atoms with van der Waals surface area (Å²) in [7, 11) is -9.83. The molecule has 0 saturated carbocycles. The lowest BCUT2D eigenvalue weighted by Gasteiger charge is -2.21. The predicted molar refractivity (Wildman–Crippen MR) is 472 cm³/mol. The molecule has 0 saturated heterocycles. The summed E-state index contributed by atoms with van der Waals surface area (Å²) in [5.74, 6) is -1.62. The van der Waals surface area contributed by atoms with E-state index in [1.54, 1.807) is 0 Å². The van der Waals surface area contributed by atoms with Gasteiger partial charge < -0.3 is 34.2 Å². The summed E-state index contributed by atoms with van der Waals surface area (Å²) in [6.07, 6.45) is 112. The number of phosphoric acid groups is 2. The number of unbranched alkanes of at least 4 members (excludes halogenated alkanes) is 29. The number of aliphatic hydroxyl groups is 2. The molecule has 0 spiro atoms. The maximum absolute atomic E-state index is 13.0. The van der Waals surface area contributed by atoms with Gasteiger partial charge in [0.2, 0.25) is 0 Å². The van der Waals surface area contributed by atoms with Crippen LogP contribution in [0.3, 0.4) is 0 Å². The fraction of sp³-hybridized carbons (Fsp3) is 0.653. The van der Waals surface area contributed by atoms with Crippen LogP contribution >= 0.6 is 15.6 Å². The lowest BCUT2D eigenvalue weighted by molar-refractivity contribution is -0.161. The molecule has 0 amide bonds. The van der Waals surface area contributed by atoms with Crippen LogP contribution in [0.1, 0.15) is 342 Å². The molecule has 5 atom stereocenters. The van der Waals surface area contributed by atoms with E-state index in [1.807, 2.05) is 0 Å². The van der Waals surface area contributed by atoms with Gasteiger partial charge in [0, 0.05) is 19.3 Å². The Balaban J connectivity index is 4.63. The van der Waals surface area contributed by atoms with Gasteiger partial charge in [-0.05, 0) is 161 Å². The average Bonchev–Trinajstić information content (AvgIpc) is 0.899. The van der Waals surface area contributed by atoms with Crippen LogP contribution in [0.5, 0.6) is 0 Å². The first-order valence-corrected chi connectivity index (χ1v) is 47.1. The molecule has 0 radical (unpaired) electrons. The molecule has 0 rings (SSSR count). The van der Waals surface area contributed by atoms with E-state index in [0.717, 1.165) is 173 Å². The Morgan fingerprint density at radius 1 is 0.257 bits per heavy atom. The molecule has 0 fully saturated rings. The summed E-state index contributed by atoms with van der Waals surface area (Å²) in [4.78, 5) is 58.9. The maximum Gasteiger partial charge on any atom is 0.472 e. The van der Waals surface area contributed by atoms with E-state index in [-0.39, 0.29) is 19.3 Å². The van der Waals surface area contributed by atoms with E-state index in [0.29, 0.717) is 19.3 Å². The third-order valence-electron chi connectivity index (χ3n) is 18.1. The van der Waals surface area contributed by atoms with Crippen LogP contribution in [-0.4, -0.2) is 95.9 Å². The standard InChI is InChI=1S/C95H158O16P2/c1-4-7-10-13-16-19-22-25-28-31-34-36-38-40-42-44-46-48-50-52-55-57-60-63-66-69-72-75-78-81-93(98)105-84-90(96)85-107-112(101,102)108-86-91(97)87-109-113(103,104)110-89-92(111-95(100)83-80-77-74-71-68-65-62-59-54-33-30-27-24-21-18-15-12-9-6-3)88-106-94(99)82-79-76-73-70-67-64-61-58-56-53-51-49-47-45-43-41-39-37-35-32-29-26-23-20-17-14-11-8-5-2/h7,9-10,12,16-21,25-30,34-37,40-43,46,48,54,59,65,68,90-92,96-97H,4-6,8,11,13-15,22-24,31-33,38-39,44-45,47,49-53,55-58,60-64,66-67,69-89H2,1-3H3,(H,101,102)(H,103,104)/b10-7-,12-9-,19-16-,20-17-,21-18-,28-25-,29-26-,30-27-,36-34-,37-35-,42-40-,43-41-,48-46-,59-54-,68-65-. The number of aliphatic hydroxyl groups excluding tert-OH is 2. The van der Waals surface area contributed by atoms with E-state index >= 15 is 0 Å². The summed E-state index contributed by atoms with van der Waals surface area (Å²) < 4.78 is 61.3. The van der Waals surface area contributed by atoms with E-state index in [1.165, 1.54) is 109 Å². The van der Waals surface area contributed by atoms with Crippen molar-refractivity contribution < 1.29 is 75.8 Å². The van der Waals surface area contributed by atoms with Crippen LogP contribution in [0, 0.1) is 0 Å². The van der Waals surface area contributed by atoms with Crippen LogP contribution in [0.25, 0.3) is 0 Å². The fourth-order valence-electron chi connectivity index (χ4n) is 11.5. The summed E-state index contributed by atoms with van der Waals surface area (Å²) >= 11 is 0. The summed E-state index contributed by atoms with van der Waals surface area (Å²) in [5, 5.41) is 20.7. The molecule has 0 aliphatic heterocycles. The Hall–Kier alpha value is -5.35. The lowest BCUT2D eigenvalue weighted by Crippen LogP contribution is -2.30. The highest BCUT2D eigenvalue weighted by Crippen LogP contribution is 2.45. The largest absolute Gasteiger partial charge is 0.472 e. The van der Waals surface area contributed by atoms with Crippen molar-refractivity contribution in [1.29, 1.82) is 0 Å². The normalized spacial score (nSPS) is 14.7. The van der Waals surface area contributed by atoms with Crippen LogP contribution < -0.4 is 0 Å². The first-order chi connectivity index (χ1) is 55.2. The topological polar surface area (TPSA) is 231 Å². The zero-order valence-electron chi connectivity index (χ0n) is 70.7. The lowest BCUT2D eigenvalue weighted by atomic mass is 10.0. The Kier molecular flexibility index (Phi) is 81.9. The SMILES string of the molecule is CC/C=C\C/C=C\C/C=C\C/C=C\C/C=C\C/C=C\CCCCCCCCCCCCC(=O)OCC(O)COP(=O)(O)OCC(O)COP(=O)(O)OCC(COC(=O)CCCCCCCCCCCCCCC/C=C\C/C=C\C/C=C\C/C=C\CCCCC)OC(=O)CCCCC/C=C\C/C=C\C/C=C\C/C=C\C/C=C\CC. The summed E-state index contributed by atoms with van der Waals surface area (Å²) in [5.41, 5.74) is 0. The van der Waals surface area contributed by atoms with Gasteiger partial charge in [-0.2, -0.15) is 0 Å². The van der Waals surface area contributed by atoms with Crippen molar-refractivity contribution in [2.24, 2.45) is 0 Å². The van der Waals surface area contributed by atoms with E-state index in [4.69, 9.17) is 32.3 Å². The number of allylic oxidation sites excluding steroid dienone is 30. The number of esters is 3. The molecule has 0 aliphatic rings. The zero-order chi connectivity index (χ0) is 82.2. The van der Waals surface area contributed by atoms with Crippen LogP contribution in [0.2, 0.25) is 0 Å². The number of rotatable bonds is 82. The molecular formula is C95H158O16P2. The van der Waals surface area contributed by atoms with Gasteiger partial charge in [0.15, 0.2) is 6.10 Å². The zero-order valence-corrected chi connectivity index (χ0v) is 72.5. The predicted octanol–water partition coefficient (Wildman–Crippen LogP) is 26.9. The molecule has 16 nitrogen and oxygen atoms in total. The monoisotopic (exact) mass is 1620 g/mol. The van der Waals surface area contributed by atoms with Crippen LogP contribution in [0.4, 0.5) is 0 Å². The molecule has 0 aliphatic carbocycles. The summed E-state index contributed by atoms with van der Waals surface area (Å²) in [6, 6.07) is 0. The first kappa shape index (κ1) is 108. The summed E-state index contributed by atoms with van der Waals surface area (Å²) in [6.45, 7) is 2.40. The van der Waals surface area contributed by atoms with Crippen molar-refractivity contribution in [3.63, 3.8) is 0 Å². The Morgan fingerprint density at radius 3 is 0.752 bits per heavy atom. The third kappa shape index (κ3) is 87.3. The van der Waals surface area contributed by atoms with Crippen molar-refractivity contribution in [3.8, 4) is 0 Å². The van der Waals surface area contributed by atoms with Crippen molar-refractivity contribution >= 4 is 33.6 Å². The van der Waals surface area contributed by atoms with Crippen molar-refractivity contribution in [2.75, 3.05) is 39.6 Å². The molecular weight excluding hydrogens is 1460 g/mol. The second-order valence-corrected chi connectivity index (χ2v) is 31.8. The molecule has 113 heavy (non-hydrogen) atoms. The highest BCUT2D eigenvalue weighted by atomic mass is 31.2. The number of carbonyl (C=O) groups excluding carboxylic acids is 3. The van der Waals surface area contributed by atoms with Gasteiger partial charge in [-0.15, -0.1) is 0 Å². The third-order valence-corrected chi connectivity index (χ3v) is 20.0. The quantitative estimate of drug-likeness (QED) is 0.0146. The van der Waals surface area contributed by atoms with Crippen molar-refractivity contribution in [2.45, 2.75) is 360 Å². The second-order valence-electron chi connectivity index (χ2n) is 28.9. The number of carbonyl (C=O) groups is 3. The molecule has 0 aromatic rings.